The molecule has 0 aromatic carbocycles. The van der Waals surface area contributed by atoms with E-state index >= 15 is 0 Å². The number of unbranched alkanes of at least 4 members (excludes halogenated alkanes) is 1. The number of hydrogen-bond acceptors (Lipinski definition) is 10. The van der Waals surface area contributed by atoms with Gasteiger partial charge in [-0.2, -0.15) is 9.98 Å². The minimum absolute atomic E-state index is 0.206. The number of carbonyl (C=O) groups is 1. The van der Waals surface area contributed by atoms with Crippen LogP contribution in [0.3, 0.4) is 0 Å². The third-order valence-electron chi connectivity index (χ3n) is 2.40. The topological polar surface area (TPSA) is 145 Å². The highest BCUT2D eigenvalue weighted by Gasteiger charge is 2.46. The molecule has 0 amide bonds. The monoisotopic (exact) mass is 284 g/mol. The standard InChI is InChI=1S/C10H16N6O4/c1-3-4-5-20-9-14-8(13-6-17)16(12)10(11,15-9)7(18)19-2/h3-5,11-12H2,1-2H3. The Labute approximate surface area is 115 Å². The number of aliphatic imine (C=N–C) groups is 3. The van der Waals surface area contributed by atoms with Crippen LogP contribution in [0.2, 0.25) is 0 Å². The average Bonchev–Trinajstić information content (AvgIpc) is 2.43. The lowest BCUT2D eigenvalue weighted by Crippen LogP contribution is -2.67. The van der Waals surface area contributed by atoms with Crippen molar-refractivity contribution in [1.29, 1.82) is 0 Å². The summed E-state index contributed by atoms with van der Waals surface area (Å²) >= 11 is 0. The van der Waals surface area contributed by atoms with Crippen LogP contribution in [0, 0.1) is 0 Å². The summed E-state index contributed by atoms with van der Waals surface area (Å²) < 4.78 is 9.76. The summed E-state index contributed by atoms with van der Waals surface area (Å²) in [6, 6.07) is -0.206. The number of esters is 1. The van der Waals surface area contributed by atoms with Crippen molar-refractivity contribution in [1.82, 2.24) is 5.01 Å². The highest BCUT2D eigenvalue weighted by Crippen LogP contribution is 2.16. The quantitative estimate of drug-likeness (QED) is 0.217. The van der Waals surface area contributed by atoms with Crippen molar-refractivity contribution in [3.8, 4) is 0 Å². The van der Waals surface area contributed by atoms with Gasteiger partial charge in [0.2, 0.25) is 6.08 Å². The second-order valence-electron chi connectivity index (χ2n) is 3.80. The third kappa shape index (κ3) is 3.18. The Bertz CT molecular complexity index is 484. The Morgan fingerprint density at radius 3 is 2.85 bits per heavy atom. The van der Waals surface area contributed by atoms with E-state index in [1.54, 1.807) is 0 Å². The van der Waals surface area contributed by atoms with Gasteiger partial charge in [0.1, 0.15) is 0 Å². The fourth-order valence-corrected chi connectivity index (χ4v) is 1.30. The lowest BCUT2D eigenvalue weighted by Gasteiger charge is -2.33. The van der Waals surface area contributed by atoms with Gasteiger partial charge in [-0.05, 0) is 6.42 Å². The molecule has 0 saturated carbocycles. The van der Waals surface area contributed by atoms with Crippen LogP contribution in [0.5, 0.6) is 0 Å². The molecular weight excluding hydrogens is 268 g/mol. The van der Waals surface area contributed by atoms with E-state index in [0.29, 0.717) is 11.6 Å². The first-order valence-electron chi connectivity index (χ1n) is 5.81. The maximum atomic E-state index is 11.7. The molecule has 0 fully saturated rings. The van der Waals surface area contributed by atoms with E-state index in [0.717, 1.165) is 20.0 Å². The van der Waals surface area contributed by atoms with Crippen LogP contribution in [0.4, 0.5) is 0 Å². The van der Waals surface area contributed by atoms with Gasteiger partial charge in [0.05, 0.1) is 13.7 Å². The Hall–Kier alpha value is -2.29. The van der Waals surface area contributed by atoms with Gasteiger partial charge in [0.15, 0.2) is 0 Å². The zero-order valence-electron chi connectivity index (χ0n) is 11.2. The highest BCUT2D eigenvalue weighted by atomic mass is 16.5. The number of hydrazine groups is 1. The van der Waals surface area contributed by atoms with Gasteiger partial charge in [0.25, 0.3) is 5.96 Å². The van der Waals surface area contributed by atoms with Crippen LogP contribution in [0.25, 0.3) is 0 Å². The number of guanidine groups is 1. The number of methoxy groups -OCH3 is 1. The molecule has 1 heterocycles. The molecule has 1 atom stereocenters. The summed E-state index contributed by atoms with van der Waals surface area (Å²) in [5.41, 5.74) is 5.76. The maximum absolute atomic E-state index is 11.7. The zero-order valence-corrected chi connectivity index (χ0v) is 11.2. The second-order valence-corrected chi connectivity index (χ2v) is 3.80. The maximum Gasteiger partial charge on any atom is 0.372 e. The molecule has 0 saturated heterocycles. The minimum Gasteiger partial charge on any atom is -0.465 e. The molecule has 0 aromatic rings. The Kier molecular flexibility index (Phi) is 5.32. The number of nitrogens with two attached hydrogens (primary N) is 2. The highest BCUT2D eigenvalue weighted by molar-refractivity contribution is 6.00. The molecule has 0 aliphatic carbocycles. The first-order valence-corrected chi connectivity index (χ1v) is 5.81. The third-order valence-corrected chi connectivity index (χ3v) is 2.40. The van der Waals surface area contributed by atoms with E-state index in [2.05, 4.69) is 19.7 Å². The molecule has 4 N–H and O–H groups in total. The summed E-state index contributed by atoms with van der Waals surface area (Å²) in [5.74, 6) is 2.17. The van der Waals surface area contributed by atoms with Crippen LogP contribution < -0.4 is 11.6 Å². The van der Waals surface area contributed by atoms with E-state index < -0.39 is 11.8 Å². The van der Waals surface area contributed by atoms with E-state index in [1.165, 1.54) is 6.08 Å². The van der Waals surface area contributed by atoms with Crippen molar-refractivity contribution in [2.75, 3.05) is 13.7 Å². The molecule has 10 heteroatoms. The molecule has 1 aliphatic rings. The van der Waals surface area contributed by atoms with Crippen molar-refractivity contribution in [3.05, 3.63) is 0 Å². The number of amidine groups is 1. The molecule has 20 heavy (non-hydrogen) atoms. The Morgan fingerprint density at radius 2 is 2.30 bits per heavy atom. The molecule has 110 valence electrons. The van der Waals surface area contributed by atoms with E-state index in [1.807, 2.05) is 6.92 Å². The average molecular weight is 284 g/mol. The van der Waals surface area contributed by atoms with E-state index in [-0.39, 0.29) is 12.0 Å². The van der Waals surface area contributed by atoms with Gasteiger partial charge < -0.3 is 9.47 Å². The largest absolute Gasteiger partial charge is 0.465 e. The predicted octanol–water partition coefficient (Wildman–Crippen LogP) is -1.17. The minimum atomic E-state index is -2.10. The summed E-state index contributed by atoms with van der Waals surface area (Å²) in [7, 11) is 1.12. The van der Waals surface area contributed by atoms with E-state index in [4.69, 9.17) is 16.3 Å². The van der Waals surface area contributed by atoms with Gasteiger partial charge in [-0.1, -0.05) is 13.3 Å². The molecule has 0 radical (unpaired) electrons. The number of hydrogen-bond donors (Lipinski definition) is 2. The van der Waals surface area contributed by atoms with Crippen LogP contribution in [0.1, 0.15) is 19.8 Å². The Morgan fingerprint density at radius 1 is 1.60 bits per heavy atom. The lowest BCUT2D eigenvalue weighted by molar-refractivity contribution is -0.152. The van der Waals surface area contributed by atoms with Crippen molar-refractivity contribution < 1.29 is 19.1 Å². The van der Waals surface area contributed by atoms with Crippen LogP contribution in [-0.4, -0.2) is 48.5 Å². The first kappa shape index (κ1) is 15.8. The van der Waals surface area contributed by atoms with Gasteiger partial charge in [-0.3, -0.25) is 5.73 Å². The number of rotatable bonds is 4. The lowest BCUT2D eigenvalue weighted by atomic mass is 10.3. The molecule has 0 bridgehead atoms. The number of carbonyl (C=O) groups excluding carboxylic acids is 2. The van der Waals surface area contributed by atoms with Crippen molar-refractivity contribution in [2.45, 2.75) is 25.6 Å². The van der Waals surface area contributed by atoms with Gasteiger partial charge >= 0.3 is 17.8 Å². The molecule has 0 spiro atoms. The molecule has 1 rings (SSSR count). The van der Waals surface area contributed by atoms with Gasteiger partial charge in [-0.25, -0.2) is 20.4 Å². The van der Waals surface area contributed by atoms with Crippen LogP contribution in [0.15, 0.2) is 15.0 Å². The van der Waals surface area contributed by atoms with Crippen molar-refractivity contribution in [2.24, 2.45) is 26.6 Å². The number of isocyanates is 1. The van der Waals surface area contributed by atoms with Crippen molar-refractivity contribution >= 4 is 24.0 Å². The normalized spacial score (nSPS) is 21.5. The van der Waals surface area contributed by atoms with Gasteiger partial charge in [0, 0.05) is 0 Å². The van der Waals surface area contributed by atoms with Crippen LogP contribution >= 0.6 is 0 Å². The summed E-state index contributed by atoms with van der Waals surface area (Å²) in [4.78, 5) is 32.8. The van der Waals surface area contributed by atoms with Crippen molar-refractivity contribution in [3.63, 3.8) is 0 Å². The number of ether oxygens (including phenoxy) is 2. The SMILES string of the molecule is CCCCOC1=NC(N)(C(=O)OC)N(N)C(N=C=O)=N1. The Balaban J connectivity index is 3.10. The molecule has 0 aromatic heterocycles. The predicted molar refractivity (Wildman–Crippen MR) is 68.8 cm³/mol. The molecule has 10 nitrogen and oxygen atoms in total. The molecule has 1 unspecified atom stereocenters. The number of nitrogens with zero attached hydrogens (tertiary/aromatic N) is 4. The molecular formula is C10H16N6O4. The second kappa shape index (κ2) is 6.75. The zero-order chi connectivity index (χ0) is 15.2. The van der Waals surface area contributed by atoms with Crippen LogP contribution in [-0.2, 0) is 19.1 Å². The molecule has 1 aliphatic heterocycles. The summed E-state index contributed by atoms with van der Waals surface area (Å²) in [6.45, 7) is 2.29. The smallest absolute Gasteiger partial charge is 0.372 e. The summed E-state index contributed by atoms with van der Waals surface area (Å²) in [5, 5.41) is 0.608. The fraction of sp³-hybridized carbons (Fsp3) is 0.600. The van der Waals surface area contributed by atoms with E-state index in [9.17, 15) is 9.59 Å². The summed E-state index contributed by atoms with van der Waals surface area (Å²) in [6.07, 6.45) is 2.90. The first-order chi connectivity index (χ1) is 9.49. The fourth-order valence-electron chi connectivity index (χ4n) is 1.30. The van der Waals surface area contributed by atoms with Gasteiger partial charge in [-0.15, -0.1) is 4.99 Å².